The van der Waals surface area contributed by atoms with Crippen LogP contribution in [0.2, 0.25) is 0 Å². The fraction of sp³-hybridized carbons (Fsp3) is 1.00. The molecule has 0 rings (SSSR count). The second-order valence-corrected chi connectivity index (χ2v) is 6.04. The summed E-state index contributed by atoms with van der Waals surface area (Å²) in [5.74, 6) is 0.276. The van der Waals surface area contributed by atoms with Crippen molar-refractivity contribution in [2.75, 3.05) is 12.8 Å². The van der Waals surface area contributed by atoms with Gasteiger partial charge in [-0.3, -0.25) is 0 Å². The molecule has 92 valence electrons. The predicted molar refractivity (Wildman–Crippen MR) is 65.5 cm³/mol. The molecule has 3 nitrogen and oxygen atoms in total. The van der Waals surface area contributed by atoms with E-state index in [-0.39, 0.29) is 5.75 Å². The summed E-state index contributed by atoms with van der Waals surface area (Å²) in [5.41, 5.74) is 0. The van der Waals surface area contributed by atoms with E-state index in [1.54, 1.807) is 0 Å². The van der Waals surface area contributed by atoms with Gasteiger partial charge in [0.05, 0.1) is 5.75 Å². The number of sulfonamides is 1. The van der Waals surface area contributed by atoms with Gasteiger partial charge in [0, 0.05) is 0 Å². The van der Waals surface area contributed by atoms with Gasteiger partial charge in [0.2, 0.25) is 10.0 Å². The molecule has 0 bridgehead atoms. The first-order chi connectivity index (χ1) is 7.12. The summed E-state index contributed by atoms with van der Waals surface area (Å²) in [6.07, 6.45) is 9.47. The van der Waals surface area contributed by atoms with Gasteiger partial charge in [0.25, 0.3) is 0 Å². The molecule has 0 aromatic heterocycles. The smallest absolute Gasteiger partial charge is 0.211 e. The maximum Gasteiger partial charge on any atom is 0.211 e. The Bertz CT molecular complexity index is 225. The van der Waals surface area contributed by atoms with E-state index in [1.165, 1.54) is 45.6 Å². The lowest BCUT2D eigenvalue weighted by Crippen LogP contribution is -2.21. The third-order valence-corrected chi connectivity index (χ3v) is 4.03. The van der Waals surface area contributed by atoms with Crippen LogP contribution in [-0.4, -0.2) is 21.2 Å². The maximum atomic E-state index is 11.1. The first-order valence-corrected chi connectivity index (χ1v) is 7.69. The van der Waals surface area contributed by atoms with Gasteiger partial charge in [-0.1, -0.05) is 51.9 Å². The molecule has 4 heteroatoms. The summed E-state index contributed by atoms with van der Waals surface area (Å²) in [6, 6.07) is 0. The van der Waals surface area contributed by atoms with Crippen LogP contribution in [0.4, 0.5) is 0 Å². The molecule has 15 heavy (non-hydrogen) atoms. The minimum absolute atomic E-state index is 0.276. The van der Waals surface area contributed by atoms with Gasteiger partial charge < -0.3 is 0 Å². The average Bonchev–Trinajstić information content (AvgIpc) is 2.22. The first kappa shape index (κ1) is 14.9. The molecule has 0 heterocycles. The Morgan fingerprint density at radius 1 is 0.867 bits per heavy atom. The standard InChI is InChI=1S/C11H25NO2S/c1-3-4-5-6-7-8-9-10-11-15(13,14)12-2/h12H,3-11H2,1-2H3. The van der Waals surface area contributed by atoms with Crippen LogP contribution in [0.15, 0.2) is 0 Å². The van der Waals surface area contributed by atoms with Crippen LogP contribution in [0.25, 0.3) is 0 Å². The molecule has 0 atom stereocenters. The van der Waals surface area contributed by atoms with E-state index < -0.39 is 10.0 Å². The Kier molecular flexibility index (Phi) is 9.10. The molecule has 0 amide bonds. The van der Waals surface area contributed by atoms with Crippen molar-refractivity contribution in [3.8, 4) is 0 Å². The highest BCUT2D eigenvalue weighted by Crippen LogP contribution is 2.08. The van der Waals surface area contributed by atoms with Gasteiger partial charge in [-0.2, -0.15) is 0 Å². The quantitative estimate of drug-likeness (QED) is 0.592. The highest BCUT2D eigenvalue weighted by molar-refractivity contribution is 7.89. The highest BCUT2D eigenvalue weighted by atomic mass is 32.2. The van der Waals surface area contributed by atoms with Crippen molar-refractivity contribution in [2.24, 2.45) is 0 Å². The molecule has 0 radical (unpaired) electrons. The van der Waals surface area contributed by atoms with Crippen LogP contribution < -0.4 is 4.72 Å². The maximum absolute atomic E-state index is 11.1. The Balaban J connectivity index is 3.19. The second-order valence-electron chi connectivity index (χ2n) is 4.00. The molecule has 0 aliphatic rings. The van der Waals surface area contributed by atoms with Crippen LogP contribution in [0, 0.1) is 0 Å². The topological polar surface area (TPSA) is 46.2 Å². The van der Waals surface area contributed by atoms with Crippen LogP contribution >= 0.6 is 0 Å². The lowest BCUT2D eigenvalue weighted by atomic mass is 10.1. The monoisotopic (exact) mass is 235 g/mol. The van der Waals surface area contributed by atoms with Crippen molar-refractivity contribution >= 4 is 10.0 Å². The van der Waals surface area contributed by atoms with Crippen molar-refractivity contribution in [1.29, 1.82) is 0 Å². The lowest BCUT2D eigenvalue weighted by molar-refractivity contribution is 0.568. The van der Waals surface area contributed by atoms with Gasteiger partial charge in [0.1, 0.15) is 0 Å². The fourth-order valence-corrected chi connectivity index (χ4v) is 2.32. The van der Waals surface area contributed by atoms with Crippen LogP contribution in [0.3, 0.4) is 0 Å². The van der Waals surface area contributed by atoms with Crippen LogP contribution in [-0.2, 0) is 10.0 Å². The minimum atomic E-state index is -2.97. The number of hydrogen-bond donors (Lipinski definition) is 1. The largest absolute Gasteiger partial charge is 0.218 e. The van der Waals surface area contributed by atoms with Crippen molar-refractivity contribution < 1.29 is 8.42 Å². The van der Waals surface area contributed by atoms with Crippen molar-refractivity contribution in [3.63, 3.8) is 0 Å². The van der Waals surface area contributed by atoms with Crippen molar-refractivity contribution in [2.45, 2.75) is 58.3 Å². The van der Waals surface area contributed by atoms with Crippen LogP contribution in [0.5, 0.6) is 0 Å². The van der Waals surface area contributed by atoms with E-state index in [0.717, 1.165) is 12.8 Å². The molecule has 0 aliphatic heterocycles. The van der Waals surface area contributed by atoms with E-state index in [9.17, 15) is 8.42 Å². The number of rotatable bonds is 10. The third-order valence-electron chi connectivity index (χ3n) is 2.58. The molecule has 0 aliphatic carbocycles. The summed E-state index contributed by atoms with van der Waals surface area (Å²) in [5, 5.41) is 0. The molecule has 0 aromatic rings. The van der Waals surface area contributed by atoms with Gasteiger partial charge in [-0.15, -0.1) is 0 Å². The Labute approximate surface area is 94.7 Å². The number of nitrogens with one attached hydrogen (secondary N) is 1. The zero-order chi connectivity index (χ0) is 11.6. The van der Waals surface area contributed by atoms with Crippen LogP contribution in [0.1, 0.15) is 58.3 Å². The summed E-state index contributed by atoms with van der Waals surface area (Å²) < 4.78 is 24.5. The second kappa shape index (κ2) is 9.16. The van der Waals surface area contributed by atoms with E-state index in [0.29, 0.717) is 0 Å². The molecular formula is C11H25NO2S. The molecule has 0 saturated carbocycles. The normalized spacial score (nSPS) is 11.9. The summed E-state index contributed by atoms with van der Waals surface area (Å²) >= 11 is 0. The average molecular weight is 235 g/mol. The van der Waals surface area contributed by atoms with E-state index in [2.05, 4.69) is 11.6 Å². The van der Waals surface area contributed by atoms with Crippen molar-refractivity contribution in [3.05, 3.63) is 0 Å². The number of unbranched alkanes of at least 4 members (excludes halogenated alkanes) is 7. The minimum Gasteiger partial charge on any atom is -0.218 e. The zero-order valence-electron chi connectivity index (χ0n) is 10.1. The Hall–Kier alpha value is -0.0900. The lowest BCUT2D eigenvalue weighted by Gasteiger charge is -2.02. The summed E-state index contributed by atoms with van der Waals surface area (Å²) in [4.78, 5) is 0. The van der Waals surface area contributed by atoms with Crippen molar-refractivity contribution in [1.82, 2.24) is 4.72 Å². The molecule has 0 aromatic carbocycles. The molecule has 0 fully saturated rings. The van der Waals surface area contributed by atoms with Gasteiger partial charge in [0.15, 0.2) is 0 Å². The molecule has 0 unspecified atom stereocenters. The fourth-order valence-electron chi connectivity index (χ4n) is 1.53. The van der Waals surface area contributed by atoms with E-state index in [4.69, 9.17) is 0 Å². The van der Waals surface area contributed by atoms with Gasteiger partial charge in [-0.25, -0.2) is 13.1 Å². The van der Waals surface area contributed by atoms with Gasteiger partial charge >= 0.3 is 0 Å². The number of hydrogen-bond acceptors (Lipinski definition) is 2. The summed E-state index contributed by atoms with van der Waals surface area (Å²) in [6.45, 7) is 2.21. The SMILES string of the molecule is CCCCCCCCCCS(=O)(=O)NC. The molecule has 1 N–H and O–H groups in total. The zero-order valence-corrected chi connectivity index (χ0v) is 10.9. The highest BCUT2D eigenvalue weighted by Gasteiger charge is 2.04. The van der Waals surface area contributed by atoms with Gasteiger partial charge in [-0.05, 0) is 13.5 Å². The Morgan fingerprint density at radius 2 is 1.33 bits per heavy atom. The predicted octanol–water partition coefficient (Wildman–Crippen LogP) is 2.68. The Morgan fingerprint density at radius 3 is 1.80 bits per heavy atom. The molecule has 0 spiro atoms. The van der Waals surface area contributed by atoms with E-state index >= 15 is 0 Å². The summed E-state index contributed by atoms with van der Waals surface area (Å²) in [7, 11) is -1.50. The van der Waals surface area contributed by atoms with E-state index in [1.807, 2.05) is 0 Å². The third kappa shape index (κ3) is 10.2. The first-order valence-electron chi connectivity index (χ1n) is 6.03. The molecular weight excluding hydrogens is 210 g/mol. The molecule has 0 saturated heterocycles.